The molecule has 0 radical (unpaired) electrons. The Morgan fingerprint density at radius 2 is 1.85 bits per heavy atom. The van der Waals surface area contributed by atoms with Crippen LogP contribution in [-0.2, 0) is 0 Å². The van der Waals surface area contributed by atoms with E-state index in [9.17, 15) is 0 Å². The summed E-state index contributed by atoms with van der Waals surface area (Å²) in [6.45, 7) is 1.35. The molecule has 4 heteroatoms. The number of nitrogens with two attached hydrogens (primary N) is 1. The molecule has 0 bridgehead atoms. The first-order chi connectivity index (χ1) is 9.86. The molecule has 100 valence electrons. The molecular weight excluding hydrogens is 248 g/mol. The third-order valence-corrected chi connectivity index (χ3v) is 3.19. The summed E-state index contributed by atoms with van der Waals surface area (Å²) in [4.78, 5) is 8.41. The number of aromatic nitrogens is 2. The molecule has 0 saturated carbocycles. The zero-order valence-corrected chi connectivity index (χ0v) is 11.1. The van der Waals surface area contributed by atoms with Gasteiger partial charge in [-0.3, -0.25) is 9.97 Å². The van der Waals surface area contributed by atoms with Gasteiger partial charge in [-0.25, -0.2) is 0 Å². The number of hydrogen-bond acceptors (Lipinski definition) is 4. The molecule has 0 atom stereocenters. The van der Waals surface area contributed by atoms with Gasteiger partial charge >= 0.3 is 0 Å². The van der Waals surface area contributed by atoms with Crippen LogP contribution in [0.3, 0.4) is 0 Å². The van der Waals surface area contributed by atoms with Gasteiger partial charge in [0, 0.05) is 48.8 Å². The molecule has 3 rings (SSSR count). The minimum absolute atomic E-state index is 0.604. The Hall–Kier alpha value is -2.46. The van der Waals surface area contributed by atoms with Crippen LogP contribution in [-0.4, -0.2) is 23.1 Å². The predicted octanol–water partition coefficient (Wildman–Crippen LogP) is 2.67. The molecule has 0 unspecified atom stereocenters. The summed E-state index contributed by atoms with van der Waals surface area (Å²) in [6.07, 6.45) is 7.36. The van der Waals surface area contributed by atoms with Gasteiger partial charge in [-0.2, -0.15) is 0 Å². The van der Waals surface area contributed by atoms with E-state index in [0.717, 1.165) is 28.7 Å². The molecular formula is C16H16N4. The predicted molar refractivity (Wildman–Crippen MR) is 82.5 cm³/mol. The van der Waals surface area contributed by atoms with Crippen LogP contribution in [0.5, 0.6) is 0 Å². The molecule has 0 saturated heterocycles. The highest BCUT2D eigenvalue weighted by molar-refractivity contribution is 5.86. The van der Waals surface area contributed by atoms with E-state index in [1.54, 1.807) is 0 Å². The first-order valence-corrected chi connectivity index (χ1v) is 6.60. The standard InChI is InChI=1S/C16H16N4/c17-4-6-20-16-8-15(10-19-11-16)12-1-2-14-9-18-5-3-13(14)7-12/h1-3,5,7-11,20H,4,6,17H2. The van der Waals surface area contributed by atoms with Crippen LogP contribution < -0.4 is 11.1 Å². The Morgan fingerprint density at radius 1 is 0.900 bits per heavy atom. The zero-order chi connectivity index (χ0) is 13.8. The maximum Gasteiger partial charge on any atom is 0.0533 e. The van der Waals surface area contributed by atoms with Crippen molar-refractivity contribution in [2.75, 3.05) is 18.4 Å². The van der Waals surface area contributed by atoms with E-state index in [4.69, 9.17) is 5.73 Å². The van der Waals surface area contributed by atoms with Gasteiger partial charge < -0.3 is 11.1 Å². The Bertz CT molecular complexity index is 724. The topological polar surface area (TPSA) is 63.8 Å². The fourth-order valence-corrected chi connectivity index (χ4v) is 2.17. The Balaban J connectivity index is 1.97. The molecule has 20 heavy (non-hydrogen) atoms. The maximum absolute atomic E-state index is 5.50. The van der Waals surface area contributed by atoms with Crippen LogP contribution in [0.2, 0.25) is 0 Å². The van der Waals surface area contributed by atoms with Crippen LogP contribution in [0.25, 0.3) is 21.9 Å². The van der Waals surface area contributed by atoms with Crippen molar-refractivity contribution in [1.29, 1.82) is 0 Å². The summed E-state index contributed by atoms with van der Waals surface area (Å²) in [5, 5.41) is 5.56. The minimum atomic E-state index is 0.604. The molecule has 0 aliphatic heterocycles. The Labute approximate surface area is 117 Å². The molecule has 2 heterocycles. The van der Waals surface area contributed by atoms with Gasteiger partial charge in [0.05, 0.1) is 5.69 Å². The van der Waals surface area contributed by atoms with E-state index >= 15 is 0 Å². The lowest BCUT2D eigenvalue weighted by Gasteiger charge is -2.07. The third kappa shape index (κ3) is 2.60. The van der Waals surface area contributed by atoms with E-state index in [2.05, 4.69) is 39.6 Å². The zero-order valence-electron chi connectivity index (χ0n) is 11.1. The van der Waals surface area contributed by atoms with Crippen molar-refractivity contribution in [3.05, 3.63) is 55.1 Å². The largest absolute Gasteiger partial charge is 0.383 e. The van der Waals surface area contributed by atoms with E-state index in [1.165, 1.54) is 5.39 Å². The SMILES string of the molecule is NCCNc1cncc(-c2ccc3cnccc3c2)c1. The molecule has 0 fully saturated rings. The molecule has 1 aromatic carbocycles. The van der Waals surface area contributed by atoms with E-state index in [0.29, 0.717) is 6.54 Å². The van der Waals surface area contributed by atoms with Crippen LogP contribution in [0.15, 0.2) is 55.1 Å². The second-order valence-electron chi connectivity index (χ2n) is 4.62. The lowest BCUT2D eigenvalue weighted by molar-refractivity contribution is 1.02. The number of nitrogens with zero attached hydrogens (tertiary/aromatic N) is 2. The number of benzene rings is 1. The van der Waals surface area contributed by atoms with Gasteiger partial charge in [-0.05, 0) is 29.1 Å². The Morgan fingerprint density at radius 3 is 2.75 bits per heavy atom. The van der Waals surface area contributed by atoms with Gasteiger partial charge in [-0.15, -0.1) is 0 Å². The number of rotatable bonds is 4. The van der Waals surface area contributed by atoms with Crippen LogP contribution in [0.4, 0.5) is 5.69 Å². The molecule has 0 amide bonds. The van der Waals surface area contributed by atoms with E-state index < -0.39 is 0 Å². The minimum Gasteiger partial charge on any atom is -0.383 e. The lowest BCUT2D eigenvalue weighted by atomic mass is 10.0. The van der Waals surface area contributed by atoms with Crippen LogP contribution in [0.1, 0.15) is 0 Å². The molecule has 0 aliphatic rings. The van der Waals surface area contributed by atoms with E-state index in [1.807, 2.05) is 30.9 Å². The quantitative estimate of drug-likeness (QED) is 0.760. The molecule has 0 aliphatic carbocycles. The summed E-state index contributed by atoms with van der Waals surface area (Å²) in [7, 11) is 0. The summed E-state index contributed by atoms with van der Waals surface area (Å²) < 4.78 is 0. The molecule has 0 spiro atoms. The number of hydrogen-bond donors (Lipinski definition) is 2. The average molecular weight is 264 g/mol. The van der Waals surface area contributed by atoms with Crippen molar-refractivity contribution in [1.82, 2.24) is 9.97 Å². The Kier molecular flexibility index (Phi) is 3.56. The van der Waals surface area contributed by atoms with Crippen molar-refractivity contribution >= 4 is 16.5 Å². The van der Waals surface area contributed by atoms with Crippen molar-refractivity contribution in [2.45, 2.75) is 0 Å². The second-order valence-corrected chi connectivity index (χ2v) is 4.62. The van der Waals surface area contributed by atoms with Crippen molar-refractivity contribution in [3.8, 4) is 11.1 Å². The summed E-state index contributed by atoms with van der Waals surface area (Å²) in [5.41, 5.74) is 8.72. The summed E-state index contributed by atoms with van der Waals surface area (Å²) in [6, 6.07) is 10.4. The average Bonchev–Trinajstić information content (AvgIpc) is 2.53. The van der Waals surface area contributed by atoms with Gasteiger partial charge in [0.2, 0.25) is 0 Å². The molecule has 3 N–H and O–H groups in total. The highest BCUT2D eigenvalue weighted by Crippen LogP contribution is 2.25. The normalized spacial score (nSPS) is 10.7. The van der Waals surface area contributed by atoms with Crippen LogP contribution in [0, 0.1) is 0 Å². The summed E-state index contributed by atoms with van der Waals surface area (Å²) >= 11 is 0. The number of nitrogens with one attached hydrogen (secondary N) is 1. The number of anilines is 1. The fourth-order valence-electron chi connectivity index (χ4n) is 2.17. The second kappa shape index (κ2) is 5.67. The molecule has 2 aromatic heterocycles. The van der Waals surface area contributed by atoms with Gasteiger partial charge in [0.1, 0.15) is 0 Å². The van der Waals surface area contributed by atoms with Crippen LogP contribution >= 0.6 is 0 Å². The fraction of sp³-hybridized carbons (Fsp3) is 0.125. The highest BCUT2D eigenvalue weighted by Gasteiger charge is 2.02. The van der Waals surface area contributed by atoms with Crippen molar-refractivity contribution in [3.63, 3.8) is 0 Å². The summed E-state index contributed by atoms with van der Waals surface area (Å²) in [5.74, 6) is 0. The molecule has 3 aromatic rings. The third-order valence-electron chi connectivity index (χ3n) is 3.19. The van der Waals surface area contributed by atoms with Crippen molar-refractivity contribution < 1.29 is 0 Å². The lowest BCUT2D eigenvalue weighted by Crippen LogP contribution is -2.13. The highest BCUT2D eigenvalue weighted by atomic mass is 14.9. The first-order valence-electron chi connectivity index (χ1n) is 6.60. The molecule has 4 nitrogen and oxygen atoms in total. The van der Waals surface area contributed by atoms with Gasteiger partial charge in [0.25, 0.3) is 0 Å². The van der Waals surface area contributed by atoms with Gasteiger partial charge in [0.15, 0.2) is 0 Å². The smallest absolute Gasteiger partial charge is 0.0533 e. The maximum atomic E-state index is 5.50. The number of pyridine rings is 2. The first kappa shape index (κ1) is 12.6. The van der Waals surface area contributed by atoms with E-state index in [-0.39, 0.29) is 0 Å². The van der Waals surface area contributed by atoms with Crippen molar-refractivity contribution in [2.24, 2.45) is 5.73 Å². The number of fused-ring (bicyclic) bond motifs is 1. The monoisotopic (exact) mass is 264 g/mol. The van der Waals surface area contributed by atoms with Gasteiger partial charge in [-0.1, -0.05) is 12.1 Å².